The summed E-state index contributed by atoms with van der Waals surface area (Å²) in [6.45, 7) is 18.7. The molecule has 3 aromatic heterocycles. The summed E-state index contributed by atoms with van der Waals surface area (Å²) >= 11 is 0. The number of hydrogen-bond acceptors (Lipinski definition) is 5. The second-order valence-electron chi connectivity index (χ2n) is 17.9. The third-order valence-electron chi connectivity index (χ3n) is 11.8. The van der Waals surface area contributed by atoms with Gasteiger partial charge in [-0.3, -0.25) is 4.57 Å². The van der Waals surface area contributed by atoms with E-state index in [4.69, 9.17) is 14.1 Å². The van der Waals surface area contributed by atoms with Crippen LogP contribution >= 0.6 is 0 Å². The largest absolute Gasteiger partial charge is 0.457 e. The van der Waals surface area contributed by atoms with Crippen LogP contribution in [0, 0.1) is 13.8 Å². The topological polar surface area (TPSA) is 46.7 Å². The summed E-state index contributed by atoms with van der Waals surface area (Å²) in [5, 5.41) is 4.36. The molecule has 4 heterocycles. The molecule has 0 atom stereocenters. The number of benzene rings is 6. The van der Waals surface area contributed by atoms with Crippen molar-refractivity contribution in [2.45, 2.75) is 66.2 Å². The van der Waals surface area contributed by atoms with Crippen LogP contribution in [0.3, 0.4) is 0 Å². The Kier molecular flexibility index (Phi) is 8.04. The molecule has 0 saturated heterocycles. The summed E-state index contributed by atoms with van der Waals surface area (Å²) in [5.41, 5.74) is 13.7. The first-order valence-corrected chi connectivity index (χ1v) is 20.2. The Balaban J connectivity index is 1.06. The quantitative estimate of drug-likeness (QED) is 0.175. The molecular formula is C52H48N4O2. The van der Waals surface area contributed by atoms with Gasteiger partial charge in [0, 0.05) is 45.9 Å². The number of ether oxygens (including phenoxy) is 1. The van der Waals surface area contributed by atoms with Crippen molar-refractivity contribution in [1.82, 2.24) is 9.55 Å². The van der Waals surface area contributed by atoms with Crippen LogP contribution < -0.4 is 14.5 Å². The van der Waals surface area contributed by atoms with Crippen molar-refractivity contribution in [3.63, 3.8) is 0 Å². The van der Waals surface area contributed by atoms with Gasteiger partial charge in [-0.05, 0) is 114 Å². The van der Waals surface area contributed by atoms with Crippen molar-refractivity contribution in [1.29, 1.82) is 0 Å². The molecule has 6 nitrogen and oxygen atoms in total. The van der Waals surface area contributed by atoms with Gasteiger partial charge in [-0.15, -0.1) is 0 Å². The van der Waals surface area contributed by atoms with Gasteiger partial charge in [0.25, 0.3) is 0 Å². The van der Waals surface area contributed by atoms with Crippen LogP contribution in [-0.2, 0) is 10.8 Å². The van der Waals surface area contributed by atoms with Crippen molar-refractivity contribution in [2.75, 3.05) is 16.5 Å². The number of fused-ring (bicyclic) bond motifs is 8. The molecule has 9 aromatic rings. The highest BCUT2D eigenvalue weighted by molar-refractivity contribution is 6.23. The third kappa shape index (κ3) is 5.81. The van der Waals surface area contributed by atoms with E-state index in [1.807, 2.05) is 24.4 Å². The summed E-state index contributed by atoms with van der Waals surface area (Å²) < 4.78 is 15.6. The summed E-state index contributed by atoms with van der Waals surface area (Å²) in [6, 6.07) is 45.2. The molecule has 0 saturated carbocycles. The van der Waals surface area contributed by atoms with E-state index in [1.54, 1.807) is 0 Å². The average Bonchev–Trinajstić information content (AvgIpc) is 3.87. The normalized spacial score (nSPS) is 13.4. The highest BCUT2D eigenvalue weighted by atomic mass is 16.5. The van der Waals surface area contributed by atoms with Crippen LogP contribution in [0.5, 0.6) is 11.5 Å². The fourth-order valence-corrected chi connectivity index (χ4v) is 8.87. The maximum Gasteiger partial charge on any atom is 0.145 e. The van der Waals surface area contributed by atoms with E-state index in [0.717, 1.165) is 66.7 Å². The zero-order valence-corrected chi connectivity index (χ0v) is 34.5. The minimum Gasteiger partial charge on any atom is -0.457 e. The van der Waals surface area contributed by atoms with Crippen molar-refractivity contribution < 1.29 is 9.15 Å². The molecule has 288 valence electrons. The van der Waals surface area contributed by atoms with Gasteiger partial charge in [0.15, 0.2) is 0 Å². The number of aryl methyl sites for hydroxylation is 2. The molecule has 6 aromatic carbocycles. The number of rotatable bonds is 5. The summed E-state index contributed by atoms with van der Waals surface area (Å²) in [6.07, 6.45) is 1.92. The number of pyridine rings is 1. The number of hydrogen-bond donors (Lipinski definition) is 0. The van der Waals surface area contributed by atoms with Gasteiger partial charge in [0.1, 0.15) is 35.2 Å². The average molecular weight is 761 g/mol. The summed E-state index contributed by atoms with van der Waals surface area (Å²) in [7, 11) is 0. The number of nitrogens with zero attached hydrogens (tertiary/aromatic N) is 4. The fourth-order valence-electron chi connectivity index (χ4n) is 8.87. The highest BCUT2D eigenvalue weighted by Crippen LogP contribution is 2.48. The lowest BCUT2D eigenvalue weighted by molar-refractivity contribution is 0.483. The van der Waals surface area contributed by atoms with E-state index in [1.165, 1.54) is 39.3 Å². The number of furan rings is 1. The first-order valence-electron chi connectivity index (χ1n) is 20.2. The lowest BCUT2D eigenvalue weighted by Gasteiger charge is -2.28. The van der Waals surface area contributed by atoms with Crippen molar-refractivity contribution in [3.8, 4) is 17.3 Å². The Morgan fingerprint density at radius 1 is 0.586 bits per heavy atom. The van der Waals surface area contributed by atoms with E-state index < -0.39 is 0 Å². The molecular weight excluding hydrogens is 713 g/mol. The standard InChI is InChI=1S/C52H48N4O2/c1-32-26-35(52(6,7)8)27-33(2)49(32)55-31-54(42-17-10-11-18-43(42)55)36-14-13-15-37(29-36)57-38-20-21-41-45(30-38)56(47-28-34(24-25-53-47)51(3,4)5)44-23-22-40-39-16-9-12-19-46(39)58-50(40)48(41)44/h9-30H,31H2,1-8H3. The molecule has 0 fully saturated rings. The number of anilines is 4. The second kappa shape index (κ2) is 13.0. The molecule has 0 aliphatic carbocycles. The predicted octanol–water partition coefficient (Wildman–Crippen LogP) is 14.3. The van der Waals surface area contributed by atoms with Crippen LogP contribution in [0.4, 0.5) is 22.7 Å². The van der Waals surface area contributed by atoms with Gasteiger partial charge in [-0.25, -0.2) is 4.98 Å². The first-order chi connectivity index (χ1) is 27.8. The van der Waals surface area contributed by atoms with Crippen molar-refractivity contribution in [2.24, 2.45) is 0 Å². The summed E-state index contributed by atoms with van der Waals surface area (Å²) in [4.78, 5) is 9.78. The first kappa shape index (κ1) is 35.9. The second-order valence-corrected chi connectivity index (χ2v) is 17.9. The van der Waals surface area contributed by atoms with Crippen molar-refractivity contribution >= 4 is 66.5 Å². The molecule has 0 N–H and O–H groups in total. The van der Waals surface area contributed by atoms with E-state index in [2.05, 4.69) is 179 Å². The SMILES string of the molecule is Cc1cc(C(C)(C)C)cc(C)c1N1CN(c2cccc(Oc3ccc4c5c6oc7ccccc7c6ccc5n(-c5cc(C(C)(C)C)ccn5)c4c3)c2)c2ccccc21. The van der Waals surface area contributed by atoms with Crippen LogP contribution in [-0.4, -0.2) is 16.2 Å². The zero-order valence-electron chi connectivity index (χ0n) is 34.5. The molecule has 0 unspecified atom stereocenters. The molecule has 1 aliphatic heterocycles. The molecule has 58 heavy (non-hydrogen) atoms. The lowest BCUT2D eigenvalue weighted by Crippen LogP contribution is -2.25. The zero-order chi connectivity index (χ0) is 40.1. The maximum atomic E-state index is 6.77. The molecule has 1 aliphatic rings. The monoisotopic (exact) mass is 760 g/mol. The molecule has 0 spiro atoms. The van der Waals surface area contributed by atoms with E-state index in [0.29, 0.717) is 6.67 Å². The Hall–Kier alpha value is -6.53. The van der Waals surface area contributed by atoms with E-state index in [9.17, 15) is 0 Å². The maximum absolute atomic E-state index is 6.77. The minimum atomic E-state index is -0.0385. The van der Waals surface area contributed by atoms with Crippen molar-refractivity contribution in [3.05, 3.63) is 156 Å². The Labute approximate surface area is 339 Å². The van der Waals surface area contributed by atoms with Gasteiger partial charge in [0.05, 0.1) is 27.8 Å². The molecule has 0 bridgehead atoms. The predicted molar refractivity (Wildman–Crippen MR) is 241 cm³/mol. The van der Waals surface area contributed by atoms with Crippen LogP contribution in [0.15, 0.2) is 138 Å². The highest BCUT2D eigenvalue weighted by Gasteiger charge is 2.31. The van der Waals surface area contributed by atoms with Crippen LogP contribution in [0.2, 0.25) is 0 Å². The lowest BCUT2D eigenvalue weighted by atomic mass is 9.84. The Bertz CT molecular complexity index is 3060. The Morgan fingerprint density at radius 3 is 2.03 bits per heavy atom. The van der Waals surface area contributed by atoms with E-state index >= 15 is 0 Å². The fraction of sp³-hybridized carbons (Fsp3) is 0.212. The van der Waals surface area contributed by atoms with Gasteiger partial charge < -0.3 is 19.0 Å². The number of para-hydroxylation sites is 3. The van der Waals surface area contributed by atoms with Gasteiger partial charge >= 0.3 is 0 Å². The van der Waals surface area contributed by atoms with Gasteiger partial charge in [-0.1, -0.05) is 90.1 Å². The van der Waals surface area contributed by atoms with Crippen LogP contribution in [0.1, 0.15) is 63.8 Å². The van der Waals surface area contributed by atoms with Crippen LogP contribution in [0.25, 0.3) is 49.6 Å². The molecule has 0 radical (unpaired) electrons. The third-order valence-corrected chi connectivity index (χ3v) is 11.8. The Morgan fingerprint density at radius 2 is 1.28 bits per heavy atom. The molecule has 0 amide bonds. The number of aromatic nitrogens is 2. The van der Waals surface area contributed by atoms with E-state index in [-0.39, 0.29) is 10.8 Å². The molecule has 6 heteroatoms. The summed E-state index contributed by atoms with van der Waals surface area (Å²) in [5.74, 6) is 2.37. The van der Waals surface area contributed by atoms with Gasteiger partial charge in [0.2, 0.25) is 0 Å². The minimum absolute atomic E-state index is 0.0385. The smallest absolute Gasteiger partial charge is 0.145 e. The van der Waals surface area contributed by atoms with Gasteiger partial charge in [-0.2, -0.15) is 0 Å². The molecule has 10 rings (SSSR count).